The molecule has 5 N–H and O–H groups in total. The molecule has 76 valence electrons. The largest absolute Gasteiger partial charge is 0.352 e. The van der Waals surface area contributed by atoms with Crippen LogP contribution in [0.15, 0.2) is 0 Å². The first kappa shape index (κ1) is 10.5. The van der Waals surface area contributed by atoms with E-state index in [1.807, 2.05) is 0 Å². The zero-order valence-electron chi connectivity index (χ0n) is 8.12. The Morgan fingerprint density at radius 3 is 2.38 bits per heavy atom. The van der Waals surface area contributed by atoms with Gasteiger partial charge >= 0.3 is 0 Å². The second kappa shape index (κ2) is 4.58. The van der Waals surface area contributed by atoms with Crippen molar-refractivity contribution in [3.8, 4) is 0 Å². The second-order valence-corrected chi connectivity index (χ2v) is 3.91. The van der Waals surface area contributed by atoms with Crippen LogP contribution in [0.1, 0.15) is 32.6 Å². The smallest absolute Gasteiger partial charge is 0.236 e. The zero-order chi connectivity index (χ0) is 9.84. The molecule has 0 spiro atoms. The number of hydrogen-bond donors (Lipinski definition) is 3. The summed E-state index contributed by atoms with van der Waals surface area (Å²) in [5.41, 5.74) is 11.2. The monoisotopic (exact) mass is 185 g/mol. The van der Waals surface area contributed by atoms with Crippen LogP contribution in [0, 0.1) is 0 Å². The number of nitrogens with two attached hydrogens (primary N) is 2. The van der Waals surface area contributed by atoms with Crippen molar-refractivity contribution in [3.63, 3.8) is 0 Å². The Kier molecular flexibility index (Phi) is 3.69. The van der Waals surface area contributed by atoms with Crippen LogP contribution in [-0.2, 0) is 4.79 Å². The van der Waals surface area contributed by atoms with Crippen LogP contribution in [0.2, 0.25) is 0 Å². The van der Waals surface area contributed by atoms with Crippen molar-refractivity contribution < 1.29 is 4.79 Å². The Labute approximate surface area is 79.0 Å². The first-order chi connectivity index (χ1) is 6.09. The Hall–Kier alpha value is -0.610. The van der Waals surface area contributed by atoms with Crippen LogP contribution in [0.3, 0.4) is 0 Å². The van der Waals surface area contributed by atoms with E-state index in [9.17, 15) is 4.79 Å². The third kappa shape index (κ3) is 3.32. The number of hydrogen-bond acceptors (Lipinski definition) is 3. The molecule has 1 amide bonds. The molecule has 1 aliphatic rings. The van der Waals surface area contributed by atoms with Gasteiger partial charge in [0.05, 0.1) is 6.04 Å². The maximum atomic E-state index is 11.2. The van der Waals surface area contributed by atoms with Gasteiger partial charge in [0.2, 0.25) is 5.91 Å². The van der Waals surface area contributed by atoms with Crippen molar-refractivity contribution in [3.05, 3.63) is 0 Å². The highest BCUT2D eigenvalue weighted by Crippen LogP contribution is 2.16. The summed E-state index contributed by atoms with van der Waals surface area (Å²) in [6.45, 7) is 1.70. The highest BCUT2D eigenvalue weighted by atomic mass is 16.2. The van der Waals surface area contributed by atoms with Gasteiger partial charge in [-0.1, -0.05) is 0 Å². The molecule has 0 aromatic carbocycles. The van der Waals surface area contributed by atoms with Crippen LogP contribution in [-0.4, -0.2) is 24.0 Å². The number of rotatable bonds is 2. The minimum atomic E-state index is -0.407. The minimum Gasteiger partial charge on any atom is -0.352 e. The summed E-state index contributed by atoms with van der Waals surface area (Å²) >= 11 is 0. The van der Waals surface area contributed by atoms with E-state index in [-0.39, 0.29) is 5.91 Å². The fraction of sp³-hybridized carbons (Fsp3) is 0.889. The molecule has 0 aliphatic heterocycles. The van der Waals surface area contributed by atoms with Gasteiger partial charge in [0, 0.05) is 12.1 Å². The van der Waals surface area contributed by atoms with E-state index in [4.69, 9.17) is 11.5 Å². The fourth-order valence-electron chi connectivity index (χ4n) is 1.60. The van der Waals surface area contributed by atoms with Crippen molar-refractivity contribution in [2.75, 3.05) is 0 Å². The fourth-order valence-corrected chi connectivity index (χ4v) is 1.60. The summed E-state index contributed by atoms with van der Waals surface area (Å²) in [4.78, 5) is 11.2. The van der Waals surface area contributed by atoms with Crippen LogP contribution in [0.25, 0.3) is 0 Å². The first-order valence-electron chi connectivity index (χ1n) is 4.91. The summed E-state index contributed by atoms with van der Waals surface area (Å²) in [7, 11) is 0. The van der Waals surface area contributed by atoms with E-state index in [1.54, 1.807) is 6.92 Å². The maximum Gasteiger partial charge on any atom is 0.236 e. The van der Waals surface area contributed by atoms with E-state index >= 15 is 0 Å². The van der Waals surface area contributed by atoms with Gasteiger partial charge in [0.1, 0.15) is 0 Å². The lowest BCUT2D eigenvalue weighted by Gasteiger charge is -2.27. The molecule has 1 fully saturated rings. The molecular weight excluding hydrogens is 166 g/mol. The van der Waals surface area contributed by atoms with Crippen LogP contribution in [0.5, 0.6) is 0 Å². The van der Waals surface area contributed by atoms with Crippen molar-refractivity contribution >= 4 is 5.91 Å². The zero-order valence-corrected chi connectivity index (χ0v) is 8.12. The van der Waals surface area contributed by atoms with E-state index < -0.39 is 6.04 Å². The van der Waals surface area contributed by atoms with Gasteiger partial charge in [-0.2, -0.15) is 0 Å². The lowest BCUT2D eigenvalue weighted by atomic mass is 9.92. The number of carbonyl (C=O) groups is 1. The average molecular weight is 185 g/mol. The van der Waals surface area contributed by atoms with E-state index in [0.29, 0.717) is 12.1 Å². The Morgan fingerprint density at radius 2 is 1.92 bits per heavy atom. The Balaban J connectivity index is 2.26. The van der Waals surface area contributed by atoms with Crippen molar-refractivity contribution in [2.24, 2.45) is 11.5 Å². The highest BCUT2D eigenvalue weighted by molar-refractivity contribution is 5.81. The predicted octanol–water partition coefficient (Wildman–Crippen LogP) is -0.280. The molecule has 0 aromatic heterocycles. The number of carbonyl (C=O) groups excluding carboxylic acids is 1. The normalized spacial score (nSPS) is 31.0. The third-order valence-electron chi connectivity index (χ3n) is 2.53. The van der Waals surface area contributed by atoms with Gasteiger partial charge in [0.15, 0.2) is 0 Å². The minimum absolute atomic E-state index is 0.0551. The van der Waals surface area contributed by atoms with Crippen LogP contribution in [0.4, 0.5) is 0 Å². The molecule has 1 saturated carbocycles. The van der Waals surface area contributed by atoms with Crippen LogP contribution < -0.4 is 16.8 Å². The topological polar surface area (TPSA) is 81.1 Å². The van der Waals surface area contributed by atoms with Gasteiger partial charge < -0.3 is 16.8 Å². The van der Waals surface area contributed by atoms with E-state index in [2.05, 4.69) is 5.32 Å². The predicted molar refractivity (Wildman–Crippen MR) is 52.0 cm³/mol. The Morgan fingerprint density at radius 1 is 1.38 bits per heavy atom. The molecule has 0 aromatic rings. The molecule has 0 bridgehead atoms. The number of amides is 1. The lowest BCUT2D eigenvalue weighted by Crippen LogP contribution is -2.46. The summed E-state index contributed by atoms with van der Waals surface area (Å²) in [5, 5.41) is 2.92. The average Bonchev–Trinajstić information content (AvgIpc) is 2.08. The molecule has 1 unspecified atom stereocenters. The van der Waals surface area contributed by atoms with Crippen molar-refractivity contribution in [1.29, 1.82) is 0 Å². The number of nitrogens with one attached hydrogen (secondary N) is 1. The van der Waals surface area contributed by atoms with Gasteiger partial charge in [-0.15, -0.1) is 0 Å². The highest BCUT2D eigenvalue weighted by Gasteiger charge is 2.20. The lowest BCUT2D eigenvalue weighted by molar-refractivity contribution is -0.122. The molecular formula is C9H19N3O. The second-order valence-electron chi connectivity index (χ2n) is 3.91. The summed E-state index contributed by atoms with van der Waals surface area (Å²) in [6, 6.07) is 0.206. The Bertz CT molecular complexity index is 174. The van der Waals surface area contributed by atoms with Gasteiger partial charge in [-0.05, 0) is 32.6 Å². The molecule has 4 heteroatoms. The standard InChI is InChI=1S/C9H19N3O/c1-6(10)9(13)12-8-4-2-7(11)3-5-8/h6-8H,2-5,10-11H2,1H3,(H,12,13). The third-order valence-corrected chi connectivity index (χ3v) is 2.53. The molecule has 0 radical (unpaired) electrons. The quantitative estimate of drug-likeness (QED) is 0.553. The van der Waals surface area contributed by atoms with E-state index in [1.165, 1.54) is 0 Å². The maximum absolute atomic E-state index is 11.2. The van der Waals surface area contributed by atoms with E-state index in [0.717, 1.165) is 25.7 Å². The molecule has 1 aliphatic carbocycles. The summed E-state index contributed by atoms with van der Waals surface area (Å²) in [6.07, 6.45) is 3.98. The van der Waals surface area contributed by atoms with Crippen LogP contribution >= 0.6 is 0 Å². The van der Waals surface area contributed by atoms with Gasteiger partial charge in [0.25, 0.3) is 0 Å². The van der Waals surface area contributed by atoms with Gasteiger partial charge in [-0.3, -0.25) is 4.79 Å². The van der Waals surface area contributed by atoms with Crippen molar-refractivity contribution in [2.45, 2.75) is 50.7 Å². The van der Waals surface area contributed by atoms with Crippen molar-refractivity contribution in [1.82, 2.24) is 5.32 Å². The summed E-state index contributed by atoms with van der Waals surface area (Å²) < 4.78 is 0. The SMILES string of the molecule is CC(N)C(=O)NC1CCC(N)CC1. The molecule has 1 atom stereocenters. The molecule has 1 rings (SSSR count). The first-order valence-corrected chi connectivity index (χ1v) is 4.91. The molecule has 4 nitrogen and oxygen atoms in total. The molecule has 0 heterocycles. The van der Waals surface area contributed by atoms with Gasteiger partial charge in [-0.25, -0.2) is 0 Å². The summed E-state index contributed by atoms with van der Waals surface area (Å²) in [5.74, 6) is -0.0551. The molecule has 13 heavy (non-hydrogen) atoms. The molecule has 0 saturated heterocycles.